The number of fused-ring (bicyclic) bond motifs is 1. The molecule has 1 aliphatic rings. The van der Waals surface area contributed by atoms with Crippen LogP contribution in [0.2, 0.25) is 0 Å². The number of anilines is 2. The number of nitrogens with one attached hydrogen (secondary N) is 2. The van der Waals surface area contributed by atoms with Crippen molar-refractivity contribution in [1.29, 1.82) is 5.41 Å². The van der Waals surface area contributed by atoms with E-state index < -0.39 is 23.0 Å². The number of nitrogen functional groups attached to an aromatic ring is 1. The Morgan fingerprint density at radius 2 is 2.09 bits per heavy atom. The van der Waals surface area contributed by atoms with Crippen molar-refractivity contribution in [2.45, 2.75) is 26.8 Å². The molecule has 10 heteroatoms. The zero-order chi connectivity index (χ0) is 23.2. The number of nitrogens with zero attached hydrogens (tertiary/aromatic N) is 2. The quantitative estimate of drug-likeness (QED) is 0.335. The summed E-state index contributed by atoms with van der Waals surface area (Å²) in [7, 11) is 0. The molecule has 2 aromatic carbocycles. The molecule has 1 unspecified atom stereocenters. The van der Waals surface area contributed by atoms with Crippen LogP contribution in [0.25, 0.3) is 10.9 Å². The number of hydrogen-bond donors (Lipinski definition) is 4. The molecule has 0 amide bonds. The standard InChI is InChI=1S/C22H24FN5O3S/c1-3-13-4-5-19-16(8-13)20(28-7-6-26-32(28)31)21(22(29)30)27(19)11-14-9-15(12(2)24)18(25)10-17(14)23/h4-5,8-10,24,26H,3,6-7,11,25H2,1-2H3,(H,29,30). The smallest absolute Gasteiger partial charge is 0.354 e. The Hall–Kier alpha value is -3.24. The number of hydrogen-bond acceptors (Lipinski definition) is 4. The minimum atomic E-state index is -1.57. The molecule has 0 aliphatic carbocycles. The molecule has 8 nitrogen and oxygen atoms in total. The number of benzene rings is 2. The SMILES string of the molecule is CCc1ccc2c(c1)c(N1CCNS1=O)c(C(=O)O)n2Cc1cc(C(C)=N)c(N)cc1F. The van der Waals surface area contributed by atoms with Gasteiger partial charge in [-0.1, -0.05) is 13.0 Å². The molecule has 0 radical (unpaired) electrons. The maximum absolute atomic E-state index is 14.8. The predicted octanol–water partition coefficient (Wildman–Crippen LogP) is 3.05. The van der Waals surface area contributed by atoms with E-state index in [0.717, 1.165) is 18.1 Å². The first-order valence-corrected chi connectivity index (χ1v) is 11.3. The van der Waals surface area contributed by atoms with Crippen LogP contribution < -0.4 is 14.8 Å². The molecule has 2 heterocycles. The van der Waals surface area contributed by atoms with Crippen molar-refractivity contribution >= 4 is 45.1 Å². The first-order valence-electron chi connectivity index (χ1n) is 10.2. The molecule has 0 spiro atoms. The average molecular weight is 458 g/mol. The van der Waals surface area contributed by atoms with Crippen LogP contribution in [0.5, 0.6) is 0 Å². The van der Waals surface area contributed by atoms with Crippen LogP contribution in [0.4, 0.5) is 15.8 Å². The molecule has 1 fully saturated rings. The van der Waals surface area contributed by atoms with E-state index in [4.69, 9.17) is 11.1 Å². The van der Waals surface area contributed by atoms with Gasteiger partial charge >= 0.3 is 5.97 Å². The molecule has 5 N–H and O–H groups in total. The van der Waals surface area contributed by atoms with Crippen LogP contribution in [0.15, 0.2) is 30.3 Å². The monoisotopic (exact) mass is 457 g/mol. The van der Waals surface area contributed by atoms with Crippen LogP contribution >= 0.6 is 0 Å². The van der Waals surface area contributed by atoms with Gasteiger partial charge in [0.25, 0.3) is 0 Å². The van der Waals surface area contributed by atoms with Gasteiger partial charge in [-0.15, -0.1) is 0 Å². The minimum absolute atomic E-state index is 0.0605. The van der Waals surface area contributed by atoms with Gasteiger partial charge < -0.3 is 20.8 Å². The molecule has 1 aromatic heterocycles. The molecule has 1 aliphatic heterocycles. The van der Waals surface area contributed by atoms with Crippen LogP contribution in [0, 0.1) is 11.2 Å². The zero-order valence-electron chi connectivity index (χ0n) is 17.7. The summed E-state index contributed by atoms with van der Waals surface area (Å²) in [4.78, 5) is 12.4. The number of aromatic nitrogens is 1. The van der Waals surface area contributed by atoms with Gasteiger partial charge in [-0.05, 0) is 43.2 Å². The Bertz CT molecular complexity index is 1290. The van der Waals surface area contributed by atoms with Gasteiger partial charge in [0, 0.05) is 41.0 Å². The van der Waals surface area contributed by atoms with Gasteiger partial charge in [-0.3, -0.25) is 4.31 Å². The summed E-state index contributed by atoms with van der Waals surface area (Å²) < 4.78 is 33.3. The Morgan fingerprint density at radius 3 is 2.69 bits per heavy atom. The molecule has 1 saturated heterocycles. The molecule has 168 valence electrons. The highest BCUT2D eigenvalue weighted by Crippen LogP contribution is 2.37. The fraction of sp³-hybridized carbons (Fsp3) is 0.273. The summed E-state index contributed by atoms with van der Waals surface area (Å²) in [6.45, 7) is 4.32. The van der Waals surface area contributed by atoms with Crippen molar-refractivity contribution in [3.63, 3.8) is 0 Å². The first kappa shape index (κ1) is 22.0. The highest BCUT2D eigenvalue weighted by Gasteiger charge is 2.32. The second-order valence-electron chi connectivity index (χ2n) is 7.70. The lowest BCUT2D eigenvalue weighted by Crippen LogP contribution is -2.25. The van der Waals surface area contributed by atoms with E-state index in [-0.39, 0.29) is 29.2 Å². The van der Waals surface area contributed by atoms with Crippen molar-refractivity contribution in [2.24, 2.45) is 0 Å². The van der Waals surface area contributed by atoms with Crippen molar-refractivity contribution < 1.29 is 18.5 Å². The maximum Gasteiger partial charge on any atom is 0.354 e. The van der Waals surface area contributed by atoms with E-state index in [2.05, 4.69) is 4.72 Å². The average Bonchev–Trinajstić information content (AvgIpc) is 3.29. The minimum Gasteiger partial charge on any atom is -0.477 e. The summed E-state index contributed by atoms with van der Waals surface area (Å²) in [6.07, 6.45) is 0.749. The summed E-state index contributed by atoms with van der Waals surface area (Å²) in [5.41, 5.74) is 8.71. The normalized spacial score (nSPS) is 16.1. The Kier molecular flexibility index (Phi) is 5.74. The van der Waals surface area contributed by atoms with Crippen molar-refractivity contribution in [2.75, 3.05) is 23.1 Å². The summed E-state index contributed by atoms with van der Waals surface area (Å²) in [6, 6.07) is 8.26. The fourth-order valence-corrected chi connectivity index (χ4v) is 5.11. The Labute approximate surface area is 187 Å². The molecule has 4 rings (SSSR count). The third-order valence-electron chi connectivity index (χ3n) is 5.65. The van der Waals surface area contributed by atoms with Gasteiger partial charge in [-0.2, -0.15) is 0 Å². The first-order chi connectivity index (χ1) is 15.2. The number of carbonyl (C=O) groups is 1. The summed E-state index contributed by atoms with van der Waals surface area (Å²) in [5, 5.41) is 18.7. The van der Waals surface area contributed by atoms with E-state index in [1.165, 1.54) is 14.9 Å². The van der Waals surface area contributed by atoms with Crippen molar-refractivity contribution in [3.05, 3.63) is 58.5 Å². The van der Waals surface area contributed by atoms with Gasteiger partial charge in [0.2, 0.25) is 0 Å². The van der Waals surface area contributed by atoms with Crippen LogP contribution in [-0.4, -0.2) is 38.7 Å². The van der Waals surface area contributed by atoms with Crippen molar-refractivity contribution in [1.82, 2.24) is 9.29 Å². The summed E-state index contributed by atoms with van der Waals surface area (Å²) >= 11 is -1.57. The number of rotatable bonds is 6. The second kappa shape index (κ2) is 8.36. The van der Waals surface area contributed by atoms with E-state index in [1.54, 1.807) is 6.92 Å². The number of carboxylic acids is 1. The van der Waals surface area contributed by atoms with Crippen LogP contribution in [0.3, 0.4) is 0 Å². The maximum atomic E-state index is 14.8. The molecular weight excluding hydrogens is 433 g/mol. The lowest BCUT2D eigenvalue weighted by atomic mass is 10.0. The number of aromatic carboxylic acids is 1. The van der Waals surface area contributed by atoms with Crippen LogP contribution in [0.1, 0.15) is 41.0 Å². The molecule has 0 saturated carbocycles. The summed E-state index contributed by atoms with van der Waals surface area (Å²) in [5.74, 6) is -1.78. The number of nitrogens with two attached hydrogens (primary N) is 1. The molecule has 3 aromatic rings. The predicted molar refractivity (Wildman–Crippen MR) is 124 cm³/mol. The van der Waals surface area contributed by atoms with E-state index in [1.807, 2.05) is 25.1 Å². The highest BCUT2D eigenvalue weighted by atomic mass is 32.2. The van der Waals surface area contributed by atoms with E-state index >= 15 is 0 Å². The topological polar surface area (TPSA) is 124 Å². The Morgan fingerprint density at radius 1 is 1.34 bits per heavy atom. The largest absolute Gasteiger partial charge is 0.477 e. The molecule has 32 heavy (non-hydrogen) atoms. The van der Waals surface area contributed by atoms with Crippen molar-refractivity contribution in [3.8, 4) is 0 Å². The lowest BCUT2D eigenvalue weighted by Gasteiger charge is -2.16. The van der Waals surface area contributed by atoms with Gasteiger partial charge in [-0.25, -0.2) is 18.1 Å². The number of aryl methyl sites for hydroxylation is 1. The third kappa shape index (κ3) is 3.65. The van der Waals surface area contributed by atoms with E-state index in [9.17, 15) is 18.5 Å². The molecule has 1 atom stereocenters. The van der Waals surface area contributed by atoms with E-state index in [0.29, 0.717) is 35.2 Å². The van der Waals surface area contributed by atoms with Gasteiger partial charge in [0.05, 0.1) is 17.7 Å². The third-order valence-corrected chi connectivity index (χ3v) is 6.87. The molecular formula is C22H24FN5O3S. The second-order valence-corrected chi connectivity index (χ2v) is 8.92. The lowest BCUT2D eigenvalue weighted by molar-refractivity contribution is 0.0687. The number of carboxylic acid groups (broad SMARTS) is 1. The van der Waals surface area contributed by atoms with Gasteiger partial charge in [0.1, 0.15) is 5.82 Å². The van der Waals surface area contributed by atoms with Crippen LogP contribution in [-0.2, 0) is 24.1 Å². The highest BCUT2D eigenvalue weighted by molar-refractivity contribution is 7.84. The molecule has 0 bridgehead atoms. The fourth-order valence-electron chi connectivity index (χ4n) is 4.08. The number of halogens is 1. The van der Waals surface area contributed by atoms with Gasteiger partial charge in [0.15, 0.2) is 16.9 Å². The zero-order valence-corrected chi connectivity index (χ0v) is 18.6. The Balaban J connectivity index is 1.99.